The second kappa shape index (κ2) is 10.8. The first kappa shape index (κ1) is 8.89. The molecule has 0 aliphatic heterocycles. The van der Waals surface area contributed by atoms with E-state index in [-0.39, 0.29) is 21.7 Å². The topological polar surface area (TPSA) is 43.1 Å². The van der Waals surface area contributed by atoms with Gasteiger partial charge in [-0.3, -0.25) is 0 Å². The number of hydrogen-bond acceptors (Lipinski definition) is 1. The van der Waals surface area contributed by atoms with Gasteiger partial charge in [0.25, 0.3) is 0 Å². The Morgan fingerprint density at radius 3 is 1.75 bits per heavy atom. The molecule has 0 aliphatic rings. The summed E-state index contributed by atoms with van der Waals surface area (Å²) in [6.07, 6.45) is 1.00. The molecular formula is CH2NOTi-. The Kier molecular flexibility index (Phi) is 24.1. The van der Waals surface area contributed by atoms with Crippen molar-refractivity contribution in [2.45, 2.75) is 0 Å². The van der Waals surface area contributed by atoms with E-state index in [1.54, 1.807) is 0 Å². The van der Waals surface area contributed by atoms with E-state index in [2.05, 4.69) is 5.73 Å². The molecule has 0 saturated heterocycles. The van der Waals surface area contributed by atoms with Gasteiger partial charge < -0.3 is 10.5 Å². The van der Waals surface area contributed by atoms with E-state index >= 15 is 0 Å². The Labute approximate surface area is 39.2 Å². The first-order valence-corrected chi connectivity index (χ1v) is 0.493. The van der Waals surface area contributed by atoms with Gasteiger partial charge in [0.15, 0.2) is 0 Å². The minimum Gasteiger partial charge on any atom is -0.543 e. The number of primary amides is 1. The van der Waals surface area contributed by atoms with Gasteiger partial charge in [-0.15, -0.1) is 0 Å². The van der Waals surface area contributed by atoms with E-state index in [4.69, 9.17) is 4.79 Å². The molecule has 22 valence electrons. The first-order valence-electron chi connectivity index (χ1n) is 0.493. The van der Waals surface area contributed by atoms with Crippen LogP contribution in [0.2, 0.25) is 0 Å². The van der Waals surface area contributed by atoms with E-state index in [9.17, 15) is 0 Å². The maximum absolute atomic E-state index is 8.46. The van der Waals surface area contributed by atoms with Crippen LogP contribution in [-0.4, -0.2) is 6.41 Å². The first-order chi connectivity index (χ1) is 1.41. The van der Waals surface area contributed by atoms with Crippen molar-refractivity contribution in [2.24, 2.45) is 5.73 Å². The van der Waals surface area contributed by atoms with Gasteiger partial charge in [0.1, 0.15) is 0 Å². The van der Waals surface area contributed by atoms with Crippen LogP contribution in [0.4, 0.5) is 0 Å². The van der Waals surface area contributed by atoms with Gasteiger partial charge in [-0.05, 0) is 0 Å². The summed E-state index contributed by atoms with van der Waals surface area (Å²) in [6.45, 7) is 0. The summed E-state index contributed by atoms with van der Waals surface area (Å²) in [6, 6.07) is 0. The standard InChI is InChI=1S/CH2NO.Ti/c2-1-3;/h(H2,2,3);/q-1;. The Bertz CT molecular complexity index is 15.5. The van der Waals surface area contributed by atoms with Crippen molar-refractivity contribution in [2.75, 3.05) is 0 Å². The molecule has 0 aliphatic carbocycles. The summed E-state index contributed by atoms with van der Waals surface area (Å²) in [5.41, 5.74) is 4.04. The van der Waals surface area contributed by atoms with Gasteiger partial charge in [0.2, 0.25) is 0 Å². The van der Waals surface area contributed by atoms with Crippen LogP contribution in [0.1, 0.15) is 0 Å². The summed E-state index contributed by atoms with van der Waals surface area (Å²) < 4.78 is 0. The molecule has 0 aromatic carbocycles. The Morgan fingerprint density at radius 1 is 1.75 bits per heavy atom. The minimum absolute atomic E-state index is 0. The molecule has 0 radical (unpaired) electrons. The molecular weight excluding hydrogens is 89.9 g/mol. The summed E-state index contributed by atoms with van der Waals surface area (Å²) in [5.74, 6) is 0. The Balaban J connectivity index is 0. The average Bonchev–Trinajstić information content (AvgIpc) is 0.918. The molecule has 2 nitrogen and oxygen atoms in total. The molecule has 0 fully saturated rings. The molecule has 0 aromatic rings. The van der Waals surface area contributed by atoms with Gasteiger partial charge >= 0.3 is 0 Å². The third-order valence-electron chi connectivity index (χ3n) is 0. The summed E-state index contributed by atoms with van der Waals surface area (Å²) >= 11 is 0. The molecule has 0 aromatic heterocycles. The zero-order valence-electron chi connectivity index (χ0n) is 1.99. The molecule has 4 heavy (non-hydrogen) atoms. The largest absolute Gasteiger partial charge is 0.543 e. The summed E-state index contributed by atoms with van der Waals surface area (Å²) in [4.78, 5) is 8.46. The van der Waals surface area contributed by atoms with Crippen LogP contribution >= 0.6 is 0 Å². The molecule has 0 spiro atoms. The number of rotatable bonds is 0. The third-order valence-corrected chi connectivity index (χ3v) is 0. The van der Waals surface area contributed by atoms with E-state index in [1.165, 1.54) is 0 Å². The summed E-state index contributed by atoms with van der Waals surface area (Å²) in [7, 11) is 0. The normalized spacial score (nSPS) is 3.00. The van der Waals surface area contributed by atoms with E-state index in [0.717, 1.165) is 6.41 Å². The van der Waals surface area contributed by atoms with Crippen LogP contribution in [0.5, 0.6) is 0 Å². The van der Waals surface area contributed by atoms with Gasteiger partial charge in [-0.2, -0.15) is 6.41 Å². The van der Waals surface area contributed by atoms with Gasteiger partial charge in [-0.1, -0.05) is 0 Å². The summed E-state index contributed by atoms with van der Waals surface area (Å²) in [5, 5.41) is 0. The fourth-order valence-corrected chi connectivity index (χ4v) is 0. The van der Waals surface area contributed by atoms with Gasteiger partial charge in [0, 0.05) is 21.7 Å². The van der Waals surface area contributed by atoms with Crippen molar-refractivity contribution in [1.82, 2.24) is 0 Å². The van der Waals surface area contributed by atoms with Gasteiger partial charge in [-0.25, -0.2) is 0 Å². The second-order valence-electron chi connectivity index (χ2n) is 0.118. The van der Waals surface area contributed by atoms with Crippen molar-refractivity contribution in [3.05, 3.63) is 0 Å². The third kappa shape index (κ3) is 90.2. The van der Waals surface area contributed by atoms with Crippen molar-refractivity contribution in [3.8, 4) is 0 Å². The average molecular weight is 91.9 g/mol. The van der Waals surface area contributed by atoms with Crippen LogP contribution in [0.25, 0.3) is 0 Å². The van der Waals surface area contributed by atoms with Crippen LogP contribution in [0.3, 0.4) is 0 Å². The Hall–Kier alpha value is 0.184. The Morgan fingerprint density at radius 2 is 1.75 bits per heavy atom. The van der Waals surface area contributed by atoms with Crippen LogP contribution in [0.15, 0.2) is 0 Å². The zero-order valence-corrected chi connectivity index (χ0v) is 3.55. The predicted molar refractivity (Wildman–Crippen MR) is 9.88 cm³/mol. The van der Waals surface area contributed by atoms with Crippen molar-refractivity contribution in [1.29, 1.82) is 0 Å². The molecule has 2 N–H and O–H groups in total. The molecule has 0 atom stereocenters. The number of hydrogen-bond donors (Lipinski definition) is 1. The predicted octanol–water partition coefficient (Wildman–Crippen LogP) is -0.990. The van der Waals surface area contributed by atoms with Crippen LogP contribution in [0, 0.1) is 0 Å². The quantitative estimate of drug-likeness (QED) is 0.232. The van der Waals surface area contributed by atoms with E-state index in [1.807, 2.05) is 0 Å². The van der Waals surface area contributed by atoms with Crippen molar-refractivity contribution < 1.29 is 26.5 Å². The van der Waals surface area contributed by atoms with Gasteiger partial charge in [0.05, 0.1) is 0 Å². The van der Waals surface area contributed by atoms with E-state index < -0.39 is 0 Å². The molecule has 0 rings (SSSR count). The number of carbonyl (C=O) groups excluding carboxylic acids is 1. The fourth-order valence-electron chi connectivity index (χ4n) is 0. The number of amides is 1. The molecule has 0 unspecified atom stereocenters. The SMILES string of the molecule is N[C-]=O.[Ti]. The monoisotopic (exact) mass is 92.0 g/mol. The number of nitrogens with two attached hydrogens (primary N) is 1. The smallest absolute Gasteiger partial charge is 0 e. The molecule has 1 amide bonds. The molecule has 3 heteroatoms. The second-order valence-corrected chi connectivity index (χ2v) is 0.118. The molecule has 0 heterocycles. The van der Waals surface area contributed by atoms with Crippen molar-refractivity contribution >= 4 is 6.41 Å². The minimum atomic E-state index is 0. The van der Waals surface area contributed by atoms with Crippen LogP contribution < -0.4 is 5.73 Å². The molecule has 0 saturated carbocycles. The molecule has 0 bridgehead atoms. The fraction of sp³-hybridized carbons (Fsp3) is 0. The van der Waals surface area contributed by atoms with Crippen LogP contribution in [-0.2, 0) is 26.5 Å². The maximum Gasteiger partial charge on any atom is 0 e. The van der Waals surface area contributed by atoms with Crippen molar-refractivity contribution in [3.63, 3.8) is 0 Å². The maximum atomic E-state index is 8.46. The zero-order chi connectivity index (χ0) is 2.71. The van der Waals surface area contributed by atoms with E-state index in [0.29, 0.717) is 0 Å².